The van der Waals surface area contributed by atoms with E-state index in [1.54, 1.807) is 18.2 Å². The number of rotatable bonds is 4. The molecule has 0 spiro atoms. The van der Waals surface area contributed by atoms with Crippen LogP contribution in [0.4, 0.5) is 14.5 Å². The predicted octanol–water partition coefficient (Wildman–Crippen LogP) is 2.69. The summed E-state index contributed by atoms with van der Waals surface area (Å²) in [5.41, 5.74) is 6.07. The van der Waals surface area contributed by atoms with Crippen LogP contribution in [0.5, 0.6) is 5.75 Å². The molecule has 1 aromatic rings. The van der Waals surface area contributed by atoms with Crippen LogP contribution in [0.1, 0.15) is 12.8 Å². The average Bonchev–Trinajstić information content (AvgIpc) is 3.03. The molecule has 1 aromatic carbocycles. The van der Waals surface area contributed by atoms with E-state index >= 15 is 0 Å². The third kappa shape index (κ3) is 2.68. The van der Waals surface area contributed by atoms with Crippen LogP contribution in [0.3, 0.4) is 0 Å². The monoisotopic (exact) mass is 226 g/mol. The fraction of sp³-hybridized carbons (Fsp3) is 0.364. The number of alkyl halides is 2. The molecule has 2 rings (SSSR count). The van der Waals surface area contributed by atoms with E-state index in [1.807, 2.05) is 0 Å². The molecule has 0 amide bonds. The van der Waals surface area contributed by atoms with E-state index in [9.17, 15) is 8.78 Å². The molecule has 2 N–H and O–H groups in total. The number of hydrogen-bond acceptors (Lipinski definition) is 2. The first-order valence-corrected chi connectivity index (χ1v) is 5.04. The van der Waals surface area contributed by atoms with Gasteiger partial charge in [0.05, 0.1) is 0 Å². The lowest BCUT2D eigenvalue weighted by atomic mass is 10.3. The number of halogens is 2. The largest absolute Gasteiger partial charge is 0.433 e. The van der Waals surface area contributed by atoms with Crippen molar-refractivity contribution in [3.05, 3.63) is 24.3 Å². The molecule has 1 aliphatic rings. The quantitative estimate of drug-likeness (QED) is 0.633. The number of para-hydroxylation sites is 2. The van der Waals surface area contributed by atoms with Crippen molar-refractivity contribution in [3.8, 4) is 5.75 Å². The van der Waals surface area contributed by atoms with Crippen molar-refractivity contribution >= 4 is 11.5 Å². The Morgan fingerprint density at radius 1 is 1.38 bits per heavy atom. The van der Waals surface area contributed by atoms with Gasteiger partial charge in [-0.3, -0.25) is 0 Å². The van der Waals surface area contributed by atoms with Crippen LogP contribution in [0.2, 0.25) is 0 Å². The summed E-state index contributed by atoms with van der Waals surface area (Å²) in [7, 11) is 0. The molecular weight excluding hydrogens is 214 g/mol. The Hall–Kier alpha value is -1.65. The van der Waals surface area contributed by atoms with Gasteiger partial charge in [0, 0.05) is 5.92 Å². The number of benzene rings is 1. The van der Waals surface area contributed by atoms with E-state index in [4.69, 9.17) is 5.73 Å². The summed E-state index contributed by atoms with van der Waals surface area (Å²) in [6.07, 6.45) is 2.04. The van der Waals surface area contributed by atoms with Gasteiger partial charge in [0.25, 0.3) is 0 Å². The zero-order chi connectivity index (χ0) is 11.5. The van der Waals surface area contributed by atoms with E-state index in [0.717, 1.165) is 12.8 Å². The van der Waals surface area contributed by atoms with Crippen molar-refractivity contribution in [2.45, 2.75) is 19.5 Å². The summed E-state index contributed by atoms with van der Waals surface area (Å²) < 4.78 is 28.6. The molecule has 1 fully saturated rings. The van der Waals surface area contributed by atoms with Gasteiger partial charge in [0.1, 0.15) is 11.5 Å². The van der Waals surface area contributed by atoms with E-state index in [2.05, 4.69) is 9.73 Å². The minimum Gasteiger partial charge on any atom is -0.433 e. The standard InChI is InChI=1S/C11H12F2N2O/c12-11(13)16-9-4-2-1-3-8(9)15-10(14)7-5-6-7/h1-4,7,11H,5-6H2,(H2,14,15). The van der Waals surface area contributed by atoms with Crippen LogP contribution in [0, 0.1) is 5.92 Å². The maximum atomic E-state index is 12.1. The highest BCUT2D eigenvalue weighted by molar-refractivity contribution is 5.87. The summed E-state index contributed by atoms with van der Waals surface area (Å²) in [5, 5.41) is 0. The van der Waals surface area contributed by atoms with E-state index in [1.165, 1.54) is 6.07 Å². The number of nitrogens with two attached hydrogens (primary N) is 1. The number of amidine groups is 1. The second-order valence-corrected chi connectivity index (χ2v) is 3.66. The Kier molecular flexibility index (Phi) is 3.03. The summed E-state index contributed by atoms with van der Waals surface area (Å²) >= 11 is 0. The summed E-state index contributed by atoms with van der Waals surface area (Å²) in [4.78, 5) is 4.11. The van der Waals surface area contributed by atoms with Crippen LogP contribution < -0.4 is 10.5 Å². The van der Waals surface area contributed by atoms with Gasteiger partial charge in [0.2, 0.25) is 0 Å². The average molecular weight is 226 g/mol. The highest BCUT2D eigenvalue weighted by Crippen LogP contribution is 2.33. The van der Waals surface area contributed by atoms with Crippen molar-refractivity contribution in [3.63, 3.8) is 0 Å². The minimum atomic E-state index is -2.85. The van der Waals surface area contributed by atoms with Crippen molar-refractivity contribution < 1.29 is 13.5 Å². The highest BCUT2D eigenvalue weighted by Gasteiger charge is 2.25. The van der Waals surface area contributed by atoms with Gasteiger partial charge < -0.3 is 10.5 Å². The molecule has 0 unspecified atom stereocenters. The number of hydrogen-bond donors (Lipinski definition) is 1. The summed E-state index contributed by atoms with van der Waals surface area (Å²) in [6.45, 7) is -2.85. The third-order valence-electron chi connectivity index (χ3n) is 2.33. The first kappa shape index (κ1) is 10.9. The van der Waals surface area contributed by atoms with Gasteiger partial charge >= 0.3 is 6.61 Å². The van der Waals surface area contributed by atoms with E-state index < -0.39 is 6.61 Å². The lowest BCUT2D eigenvalue weighted by Crippen LogP contribution is -2.13. The molecule has 3 nitrogen and oxygen atoms in total. The molecule has 0 aromatic heterocycles. The molecule has 0 atom stereocenters. The molecule has 0 saturated heterocycles. The Labute approximate surface area is 91.9 Å². The van der Waals surface area contributed by atoms with Crippen molar-refractivity contribution in [1.29, 1.82) is 0 Å². The molecule has 5 heteroatoms. The summed E-state index contributed by atoms with van der Waals surface area (Å²) in [6, 6.07) is 6.37. The van der Waals surface area contributed by atoms with E-state index in [-0.39, 0.29) is 5.75 Å². The fourth-order valence-corrected chi connectivity index (χ4v) is 1.35. The first-order chi connectivity index (χ1) is 7.66. The molecule has 16 heavy (non-hydrogen) atoms. The molecule has 1 saturated carbocycles. The Morgan fingerprint density at radius 2 is 2.06 bits per heavy atom. The zero-order valence-electron chi connectivity index (χ0n) is 8.57. The molecule has 1 aliphatic carbocycles. The number of nitrogens with zero attached hydrogens (tertiary/aromatic N) is 1. The maximum Gasteiger partial charge on any atom is 0.387 e. The number of ether oxygens (including phenoxy) is 1. The number of aliphatic imine (C=N–C) groups is 1. The van der Waals surface area contributed by atoms with Crippen molar-refractivity contribution in [2.75, 3.05) is 0 Å². The zero-order valence-corrected chi connectivity index (χ0v) is 8.57. The Balaban J connectivity index is 2.21. The van der Waals surface area contributed by atoms with Crippen molar-refractivity contribution in [2.24, 2.45) is 16.6 Å². The Bertz CT molecular complexity index is 403. The normalized spacial score (nSPS) is 16.6. The second-order valence-electron chi connectivity index (χ2n) is 3.66. The maximum absolute atomic E-state index is 12.1. The van der Waals surface area contributed by atoms with Gasteiger partial charge in [-0.2, -0.15) is 8.78 Å². The second kappa shape index (κ2) is 4.47. The van der Waals surface area contributed by atoms with Crippen LogP contribution in [-0.4, -0.2) is 12.4 Å². The molecular formula is C11H12F2N2O. The molecule has 0 aliphatic heterocycles. The van der Waals surface area contributed by atoms with Crippen LogP contribution >= 0.6 is 0 Å². The van der Waals surface area contributed by atoms with Gasteiger partial charge in [-0.15, -0.1) is 0 Å². The minimum absolute atomic E-state index is 0.0566. The van der Waals surface area contributed by atoms with Gasteiger partial charge in [0.15, 0.2) is 5.75 Å². The Morgan fingerprint density at radius 3 is 2.69 bits per heavy atom. The summed E-state index contributed by atoms with van der Waals surface area (Å²) in [5.74, 6) is 0.853. The SMILES string of the molecule is NC(=Nc1ccccc1OC(F)F)C1CC1. The van der Waals surface area contributed by atoms with Crippen LogP contribution in [-0.2, 0) is 0 Å². The topological polar surface area (TPSA) is 47.6 Å². The molecule has 0 heterocycles. The molecule has 0 radical (unpaired) electrons. The van der Waals surface area contributed by atoms with E-state index in [0.29, 0.717) is 17.4 Å². The smallest absolute Gasteiger partial charge is 0.387 e. The highest BCUT2D eigenvalue weighted by atomic mass is 19.3. The third-order valence-corrected chi connectivity index (χ3v) is 2.33. The molecule has 0 bridgehead atoms. The van der Waals surface area contributed by atoms with Crippen LogP contribution in [0.15, 0.2) is 29.3 Å². The van der Waals surface area contributed by atoms with Crippen LogP contribution in [0.25, 0.3) is 0 Å². The fourth-order valence-electron chi connectivity index (χ4n) is 1.35. The van der Waals surface area contributed by atoms with Gasteiger partial charge in [-0.05, 0) is 25.0 Å². The lowest BCUT2D eigenvalue weighted by molar-refractivity contribution is -0.0494. The van der Waals surface area contributed by atoms with Crippen molar-refractivity contribution in [1.82, 2.24) is 0 Å². The lowest BCUT2D eigenvalue weighted by Gasteiger charge is -2.07. The first-order valence-electron chi connectivity index (χ1n) is 5.04. The van der Waals surface area contributed by atoms with Gasteiger partial charge in [-0.1, -0.05) is 12.1 Å². The predicted molar refractivity (Wildman–Crippen MR) is 57.1 cm³/mol. The molecule has 86 valence electrons. The van der Waals surface area contributed by atoms with Gasteiger partial charge in [-0.25, -0.2) is 4.99 Å².